The molecule has 0 radical (unpaired) electrons. The molecule has 21 heavy (non-hydrogen) atoms. The molecule has 0 fully saturated rings. The average Bonchev–Trinajstić information content (AvgIpc) is 2.85. The van der Waals surface area contributed by atoms with Crippen LogP contribution in [0.2, 0.25) is 0 Å². The summed E-state index contributed by atoms with van der Waals surface area (Å²) in [6, 6.07) is 9.75. The first-order valence-electron chi connectivity index (χ1n) is 6.95. The van der Waals surface area contributed by atoms with E-state index in [1.165, 1.54) is 11.1 Å². The van der Waals surface area contributed by atoms with E-state index >= 15 is 0 Å². The van der Waals surface area contributed by atoms with Gasteiger partial charge in [0.25, 0.3) is 0 Å². The van der Waals surface area contributed by atoms with Gasteiger partial charge in [0, 0.05) is 12.6 Å². The van der Waals surface area contributed by atoms with Crippen LogP contribution in [0, 0.1) is 13.8 Å². The number of benzene rings is 1. The summed E-state index contributed by atoms with van der Waals surface area (Å²) in [7, 11) is 1.93. The first kappa shape index (κ1) is 15.3. The molecule has 1 aromatic heterocycles. The number of nitrogens with zero attached hydrogens (tertiary/aromatic N) is 2. The number of anilines is 1. The Morgan fingerprint density at radius 1 is 1.33 bits per heavy atom. The fraction of sp³-hybridized carbons (Fsp3) is 0.375. The first-order chi connectivity index (χ1) is 9.95. The van der Waals surface area contributed by atoms with Gasteiger partial charge < -0.3 is 9.84 Å². The molecule has 5 heteroatoms. The predicted octanol–water partition coefficient (Wildman–Crippen LogP) is 2.75. The zero-order chi connectivity index (χ0) is 15.4. The minimum Gasteiger partial charge on any atom is -0.360 e. The second kappa shape index (κ2) is 6.54. The maximum atomic E-state index is 12.2. The predicted molar refractivity (Wildman–Crippen MR) is 82.0 cm³/mol. The number of rotatable bonds is 5. The highest BCUT2D eigenvalue weighted by Crippen LogP contribution is 2.11. The van der Waals surface area contributed by atoms with Crippen LogP contribution in [0.25, 0.3) is 0 Å². The van der Waals surface area contributed by atoms with Crippen LogP contribution in [0.3, 0.4) is 0 Å². The molecule has 1 heterocycles. The number of hydrogen-bond donors (Lipinski definition) is 1. The third-order valence-corrected chi connectivity index (χ3v) is 3.47. The molecule has 0 saturated heterocycles. The van der Waals surface area contributed by atoms with Gasteiger partial charge in [-0.15, -0.1) is 0 Å². The van der Waals surface area contributed by atoms with Gasteiger partial charge in [0.1, 0.15) is 5.76 Å². The normalized spacial score (nSPS) is 12.4. The van der Waals surface area contributed by atoms with E-state index < -0.39 is 0 Å². The van der Waals surface area contributed by atoms with E-state index in [9.17, 15) is 4.79 Å². The Balaban J connectivity index is 1.93. The molecule has 0 aliphatic rings. The molecule has 0 spiro atoms. The zero-order valence-electron chi connectivity index (χ0n) is 12.9. The van der Waals surface area contributed by atoms with Gasteiger partial charge >= 0.3 is 0 Å². The van der Waals surface area contributed by atoms with Crippen molar-refractivity contribution < 1.29 is 9.32 Å². The second-order valence-electron chi connectivity index (χ2n) is 5.39. The fourth-order valence-corrected chi connectivity index (χ4v) is 1.97. The van der Waals surface area contributed by atoms with E-state index in [1.807, 2.05) is 18.9 Å². The van der Waals surface area contributed by atoms with E-state index in [2.05, 4.69) is 41.7 Å². The number of aryl methyl sites for hydroxylation is 2. The van der Waals surface area contributed by atoms with Gasteiger partial charge in [-0.3, -0.25) is 9.69 Å². The molecule has 1 aromatic carbocycles. The minimum atomic E-state index is -0.261. The van der Waals surface area contributed by atoms with E-state index in [1.54, 1.807) is 13.0 Å². The van der Waals surface area contributed by atoms with Crippen molar-refractivity contribution in [3.8, 4) is 0 Å². The minimum absolute atomic E-state index is 0.0992. The lowest BCUT2D eigenvalue weighted by Gasteiger charge is -2.23. The number of nitrogens with one attached hydrogen (secondary N) is 1. The number of carbonyl (C=O) groups excluding carboxylic acids is 1. The zero-order valence-corrected chi connectivity index (χ0v) is 12.9. The molecular weight excluding hydrogens is 266 g/mol. The molecule has 0 aliphatic carbocycles. The molecule has 0 saturated carbocycles. The number of aromatic nitrogens is 1. The molecule has 2 aromatic rings. The molecule has 5 nitrogen and oxygen atoms in total. The maximum absolute atomic E-state index is 12.2. The molecule has 0 unspecified atom stereocenters. The smallest absolute Gasteiger partial charge is 0.242 e. The van der Waals surface area contributed by atoms with Gasteiger partial charge in [-0.05, 0) is 33.4 Å². The number of amides is 1. The highest BCUT2D eigenvalue weighted by molar-refractivity contribution is 5.93. The lowest BCUT2D eigenvalue weighted by atomic mass is 10.1. The van der Waals surface area contributed by atoms with Crippen molar-refractivity contribution in [3.63, 3.8) is 0 Å². The van der Waals surface area contributed by atoms with Gasteiger partial charge in [-0.1, -0.05) is 35.0 Å². The van der Waals surface area contributed by atoms with E-state index in [0.717, 1.165) is 0 Å². The van der Waals surface area contributed by atoms with E-state index in [0.29, 0.717) is 18.1 Å². The highest BCUT2D eigenvalue weighted by Gasteiger charge is 2.19. The molecule has 1 amide bonds. The fourth-order valence-electron chi connectivity index (χ4n) is 1.97. The topological polar surface area (TPSA) is 58.4 Å². The average molecular weight is 287 g/mol. The van der Waals surface area contributed by atoms with Gasteiger partial charge in [0.2, 0.25) is 5.91 Å². The van der Waals surface area contributed by atoms with Gasteiger partial charge in [-0.25, -0.2) is 0 Å². The summed E-state index contributed by atoms with van der Waals surface area (Å²) in [6.45, 7) is 6.43. The van der Waals surface area contributed by atoms with Crippen LogP contribution in [0.5, 0.6) is 0 Å². The van der Waals surface area contributed by atoms with Crippen LogP contribution >= 0.6 is 0 Å². The maximum Gasteiger partial charge on any atom is 0.242 e. The van der Waals surface area contributed by atoms with Crippen LogP contribution in [0.1, 0.15) is 23.8 Å². The SMILES string of the molecule is Cc1ccc(CN(C)[C@H](C)C(=O)Nc2cc(C)on2)cc1. The van der Waals surface area contributed by atoms with Crippen molar-refractivity contribution in [2.75, 3.05) is 12.4 Å². The van der Waals surface area contributed by atoms with Crippen LogP contribution < -0.4 is 5.32 Å². The summed E-state index contributed by atoms with van der Waals surface area (Å²) in [5.41, 5.74) is 2.41. The highest BCUT2D eigenvalue weighted by atomic mass is 16.5. The van der Waals surface area contributed by atoms with E-state index in [-0.39, 0.29) is 11.9 Å². The lowest BCUT2D eigenvalue weighted by molar-refractivity contribution is -0.120. The first-order valence-corrected chi connectivity index (χ1v) is 6.95. The summed E-state index contributed by atoms with van der Waals surface area (Å²) in [5, 5.41) is 6.52. The van der Waals surface area contributed by atoms with Crippen LogP contribution in [0.4, 0.5) is 5.82 Å². The summed E-state index contributed by atoms with van der Waals surface area (Å²) in [5.74, 6) is 1.02. The van der Waals surface area contributed by atoms with Crippen LogP contribution in [-0.2, 0) is 11.3 Å². The lowest BCUT2D eigenvalue weighted by Crippen LogP contribution is -2.39. The van der Waals surface area contributed by atoms with Crippen molar-refractivity contribution in [1.29, 1.82) is 0 Å². The summed E-state index contributed by atoms with van der Waals surface area (Å²) < 4.78 is 4.93. The van der Waals surface area contributed by atoms with Crippen molar-refractivity contribution in [2.45, 2.75) is 33.4 Å². The Kier molecular flexibility index (Phi) is 4.75. The Hall–Kier alpha value is -2.14. The van der Waals surface area contributed by atoms with Crippen LogP contribution in [0.15, 0.2) is 34.9 Å². The standard InChI is InChI=1S/C16H21N3O2/c1-11-5-7-14(8-6-11)10-19(4)13(3)16(20)17-15-9-12(2)21-18-15/h5-9,13H,10H2,1-4H3,(H,17,18,20)/t13-/m1/s1. The van der Waals surface area contributed by atoms with Crippen molar-refractivity contribution in [2.24, 2.45) is 0 Å². The quantitative estimate of drug-likeness (QED) is 0.918. The van der Waals surface area contributed by atoms with E-state index in [4.69, 9.17) is 4.52 Å². The monoisotopic (exact) mass is 287 g/mol. The molecular formula is C16H21N3O2. The van der Waals surface area contributed by atoms with Crippen LogP contribution in [-0.4, -0.2) is 29.1 Å². The van der Waals surface area contributed by atoms with Gasteiger partial charge in [-0.2, -0.15) is 0 Å². The van der Waals surface area contributed by atoms with Gasteiger partial charge in [0.15, 0.2) is 5.82 Å². The molecule has 0 bridgehead atoms. The Morgan fingerprint density at radius 3 is 2.57 bits per heavy atom. The summed E-state index contributed by atoms with van der Waals surface area (Å²) >= 11 is 0. The summed E-state index contributed by atoms with van der Waals surface area (Å²) in [4.78, 5) is 14.2. The Bertz CT molecular complexity index is 604. The second-order valence-corrected chi connectivity index (χ2v) is 5.39. The molecule has 112 valence electrons. The molecule has 2 rings (SSSR count). The third-order valence-electron chi connectivity index (χ3n) is 3.47. The number of carbonyl (C=O) groups is 1. The molecule has 1 N–H and O–H groups in total. The Morgan fingerprint density at radius 2 is 2.00 bits per heavy atom. The molecule has 1 atom stereocenters. The molecule has 0 aliphatic heterocycles. The third kappa shape index (κ3) is 4.16. The summed E-state index contributed by atoms with van der Waals surface area (Å²) in [6.07, 6.45) is 0. The number of likely N-dealkylation sites (N-methyl/N-ethyl adjacent to an activating group) is 1. The van der Waals surface area contributed by atoms with Gasteiger partial charge in [0.05, 0.1) is 6.04 Å². The Labute approximate surface area is 124 Å². The largest absolute Gasteiger partial charge is 0.360 e. The van der Waals surface area contributed by atoms with Crippen molar-refractivity contribution in [3.05, 3.63) is 47.2 Å². The van der Waals surface area contributed by atoms with Crippen molar-refractivity contribution in [1.82, 2.24) is 10.1 Å². The van der Waals surface area contributed by atoms with Crippen molar-refractivity contribution >= 4 is 11.7 Å². The number of hydrogen-bond acceptors (Lipinski definition) is 4.